The molecular formula is C13H16N2O4. The first-order chi connectivity index (χ1) is 9.02. The molecule has 0 fully saturated rings. The summed E-state index contributed by atoms with van der Waals surface area (Å²) in [7, 11) is 1.68. The third-order valence-corrected chi connectivity index (χ3v) is 2.99. The molecule has 0 amide bonds. The van der Waals surface area contributed by atoms with Gasteiger partial charge in [0.05, 0.1) is 6.10 Å². The molecule has 1 aromatic carbocycles. The number of aromatic carboxylic acids is 1. The number of fused-ring (bicyclic) bond motifs is 1. The van der Waals surface area contributed by atoms with E-state index in [1.807, 2.05) is 0 Å². The topological polar surface area (TPSA) is 106 Å². The molecule has 2 atom stereocenters. The molecule has 1 heterocycles. The molecule has 0 radical (unpaired) electrons. The lowest BCUT2D eigenvalue weighted by Crippen LogP contribution is -2.29. The van der Waals surface area contributed by atoms with Gasteiger partial charge >= 0.3 is 5.97 Å². The van der Waals surface area contributed by atoms with Crippen molar-refractivity contribution in [3.05, 3.63) is 35.5 Å². The van der Waals surface area contributed by atoms with E-state index in [1.165, 1.54) is 6.07 Å². The number of benzene rings is 1. The summed E-state index contributed by atoms with van der Waals surface area (Å²) >= 11 is 0. The monoisotopic (exact) mass is 264 g/mol. The molecule has 0 aliphatic carbocycles. The van der Waals surface area contributed by atoms with Gasteiger partial charge in [0.25, 0.3) is 0 Å². The molecule has 6 nitrogen and oxygen atoms in total. The smallest absolute Gasteiger partial charge is 0.352 e. The Balaban J connectivity index is 2.32. The number of aromatic nitrogens is 1. The van der Waals surface area contributed by atoms with Crippen LogP contribution in [-0.4, -0.2) is 46.0 Å². The van der Waals surface area contributed by atoms with Crippen LogP contribution in [0.25, 0.3) is 10.9 Å². The van der Waals surface area contributed by atoms with Crippen molar-refractivity contribution in [2.45, 2.75) is 12.2 Å². The zero-order valence-corrected chi connectivity index (χ0v) is 10.4. The lowest BCUT2D eigenvalue weighted by molar-refractivity contribution is 0.0203. The first-order valence-electron chi connectivity index (χ1n) is 5.89. The Morgan fingerprint density at radius 3 is 2.74 bits per heavy atom. The van der Waals surface area contributed by atoms with Crippen LogP contribution in [0, 0.1) is 0 Å². The van der Waals surface area contributed by atoms with Crippen LogP contribution < -0.4 is 5.32 Å². The fourth-order valence-electron chi connectivity index (χ4n) is 1.99. The average Bonchev–Trinajstić information content (AvgIpc) is 2.81. The first kappa shape index (κ1) is 13.5. The largest absolute Gasteiger partial charge is 0.477 e. The van der Waals surface area contributed by atoms with E-state index in [0.29, 0.717) is 16.5 Å². The van der Waals surface area contributed by atoms with Gasteiger partial charge < -0.3 is 25.6 Å². The molecule has 2 aromatic rings. The molecule has 19 heavy (non-hydrogen) atoms. The van der Waals surface area contributed by atoms with Crippen molar-refractivity contribution in [2.75, 3.05) is 13.6 Å². The summed E-state index contributed by atoms with van der Waals surface area (Å²) in [5.74, 6) is -1.03. The maximum atomic E-state index is 10.9. The SMILES string of the molecule is CNCC(O)C(O)c1ccc2[nH]c(C(=O)O)cc2c1. The van der Waals surface area contributed by atoms with Gasteiger partial charge in [0.2, 0.25) is 0 Å². The van der Waals surface area contributed by atoms with E-state index in [0.717, 1.165) is 0 Å². The van der Waals surface area contributed by atoms with Gasteiger partial charge in [0, 0.05) is 17.4 Å². The second-order valence-electron chi connectivity index (χ2n) is 4.40. The molecule has 0 aliphatic rings. The molecule has 6 heteroatoms. The van der Waals surface area contributed by atoms with Crippen molar-refractivity contribution < 1.29 is 20.1 Å². The molecule has 0 saturated heterocycles. The summed E-state index contributed by atoms with van der Waals surface area (Å²) in [4.78, 5) is 13.6. The fourth-order valence-corrected chi connectivity index (χ4v) is 1.99. The second kappa shape index (κ2) is 5.40. The van der Waals surface area contributed by atoms with Crippen molar-refractivity contribution in [3.63, 3.8) is 0 Å². The summed E-state index contributed by atoms with van der Waals surface area (Å²) in [6, 6.07) is 6.51. The van der Waals surface area contributed by atoms with Crippen LogP contribution in [0.5, 0.6) is 0 Å². The molecule has 0 aliphatic heterocycles. The molecule has 5 N–H and O–H groups in total. The molecule has 0 saturated carbocycles. The highest BCUT2D eigenvalue weighted by Gasteiger charge is 2.18. The number of hydrogen-bond donors (Lipinski definition) is 5. The number of aliphatic hydroxyl groups excluding tert-OH is 2. The number of carboxylic acid groups (broad SMARTS) is 1. The average molecular weight is 264 g/mol. The normalized spacial score (nSPS) is 14.5. The summed E-state index contributed by atoms with van der Waals surface area (Å²) < 4.78 is 0. The lowest BCUT2D eigenvalue weighted by Gasteiger charge is -2.17. The number of aromatic amines is 1. The number of nitrogens with one attached hydrogen (secondary N) is 2. The van der Waals surface area contributed by atoms with Crippen molar-refractivity contribution >= 4 is 16.9 Å². The quantitative estimate of drug-likeness (QED) is 0.540. The number of aliphatic hydroxyl groups is 2. The summed E-state index contributed by atoms with van der Waals surface area (Å²) in [6.07, 6.45) is -1.93. The summed E-state index contributed by atoms with van der Waals surface area (Å²) in [5.41, 5.74) is 1.32. The van der Waals surface area contributed by atoms with Gasteiger partial charge in [-0.15, -0.1) is 0 Å². The standard InChI is InChI=1S/C13H16N2O4/c1-14-6-11(16)12(17)7-2-3-9-8(4-7)5-10(15-9)13(18)19/h2-5,11-12,14-17H,6H2,1H3,(H,18,19). The third kappa shape index (κ3) is 2.76. The molecule has 0 spiro atoms. The maximum Gasteiger partial charge on any atom is 0.352 e. The van der Waals surface area contributed by atoms with Gasteiger partial charge in [0.1, 0.15) is 11.8 Å². The minimum atomic E-state index is -1.03. The van der Waals surface area contributed by atoms with Crippen molar-refractivity contribution in [2.24, 2.45) is 0 Å². The minimum absolute atomic E-state index is 0.0948. The molecule has 102 valence electrons. The van der Waals surface area contributed by atoms with Gasteiger partial charge in [-0.25, -0.2) is 4.79 Å². The highest BCUT2D eigenvalue weighted by atomic mass is 16.4. The zero-order valence-electron chi connectivity index (χ0n) is 10.4. The maximum absolute atomic E-state index is 10.9. The first-order valence-corrected chi connectivity index (χ1v) is 5.89. The van der Waals surface area contributed by atoms with Crippen LogP contribution in [0.3, 0.4) is 0 Å². The van der Waals surface area contributed by atoms with E-state index >= 15 is 0 Å². The van der Waals surface area contributed by atoms with E-state index < -0.39 is 18.2 Å². The van der Waals surface area contributed by atoms with Gasteiger partial charge in [-0.3, -0.25) is 0 Å². The van der Waals surface area contributed by atoms with Gasteiger partial charge in [-0.2, -0.15) is 0 Å². The predicted octanol–water partition coefficient (Wildman–Crippen LogP) is 0.480. The van der Waals surface area contributed by atoms with Gasteiger partial charge in [-0.1, -0.05) is 6.07 Å². The third-order valence-electron chi connectivity index (χ3n) is 2.99. The minimum Gasteiger partial charge on any atom is -0.477 e. The second-order valence-corrected chi connectivity index (χ2v) is 4.40. The Kier molecular flexibility index (Phi) is 3.84. The van der Waals surface area contributed by atoms with E-state index in [9.17, 15) is 15.0 Å². The number of H-pyrrole nitrogens is 1. The van der Waals surface area contributed by atoms with Crippen LogP contribution in [0.2, 0.25) is 0 Å². The molecule has 0 bridgehead atoms. The molecule has 2 rings (SSSR count). The fraction of sp³-hybridized carbons (Fsp3) is 0.308. The van der Waals surface area contributed by atoms with Crippen LogP contribution in [0.4, 0.5) is 0 Å². The Hall–Kier alpha value is -1.89. The number of carbonyl (C=O) groups is 1. The van der Waals surface area contributed by atoms with Crippen LogP contribution >= 0.6 is 0 Å². The van der Waals surface area contributed by atoms with Gasteiger partial charge in [0.15, 0.2) is 0 Å². The predicted molar refractivity (Wildman–Crippen MR) is 70.2 cm³/mol. The van der Waals surface area contributed by atoms with Gasteiger partial charge in [-0.05, 0) is 30.8 Å². The van der Waals surface area contributed by atoms with Crippen molar-refractivity contribution in [1.82, 2.24) is 10.3 Å². The lowest BCUT2D eigenvalue weighted by atomic mass is 10.0. The summed E-state index contributed by atoms with van der Waals surface area (Å²) in [5, 5.41) is 32.1. The summed E-state index contributed by atoms with van der Waals surface area (Å²) in [6.45, 7) is 0.271. The molecular weight excluding hydrogens is 248 g/mol. The Morgan fingerprint density at radius 2 is 2.11 bits per heavy atom. The van der Waals surface area contributed by atoms with E-state index in [2.05, 4.69) is 10.3 Å². The number of rotatable bonds is 5. The Bertz CT molecular complexity index is 593. The zero-order chi connectivity index (χ0) is 14.0. The number of likely N-dealkylation sites (N-methyl/N-ethyl adjacent to an activating group) is 1. The highest BCUT2D eigenvalue weighted by molar-refractivity contribution is 5.93. The van der Waals surface area contributed by atoms with Crippen molar-refractivity contribution in [3.8, 4) is 0 Å². The van der Waals surface area contributed by atoms with E-state index in [-0.39, 0.29) is 12.2 Å². The number of carboxylic acids is 1. The Labute approximate surface area is 109 Å². The van der Waals surface area contributed by atoms with Crippen molar-refractivity contribution in [1.29, 1.82) is 0 Å². The van der Waals surface area contributed by atoms with E-state index in [1.54, 1.807) is 25.2 Å². The highest BCUT2D eigenvalue weighted by Crippen LogP contribution is 2.23. The molecule has 2 unspecified atom stereocenters. The van der Waals surface area contributed by atoms with E-state index in [4.69, 9.17) is 5.11 Å². The van der Waals surface area contributed by atoms with Crippen LogP contribution in [-0.2, 0) is 0 Å². The van der Waals surface area contributed by atoms with Crippen LogP contribution in [0.1, 0.15) is 22.2 Å². The molecule has 1 aromatic heterocycles. The number of hydrogen-bond acceptors (Lipinski definition) is 4. The Morgan fingerprint density at radius 1 is 1.37 bits per heavy atom. The van der Waals surface area contributed by atoms with Crippen LogP contribution in [0.15, 0.2) is 24.3 Å².